The second-order valence-corrected chi connectivity index (χ2v) is 5.58. The van der Waals surface area contributed by atoms with Crippen LogP contribution in [0.15, 0.2) is 24.3 Å². The first kappa shape index (κ1) is 15.5. The predicted octanol–water partition coefficient (Wildman–Crippen LogP) is 3.54. The summed E-state index contributed by atoms with van der Waals surface area (Å²) in [6, 6.07) is 8.03. The van der Waals surface area contributed by atoms with Crippen molar-refractivity contribution in [3.63, 3.8) is 0 Å². The lowest BCUT2D eigenvalue weighted by Crippen LogP contribution is -2.40. The van der Waals surface area contributed by atoms with Gasteiger partial charge in [-0.15, -0.1) is 0 Å². The minimum absolute atomic E-state index is 0.232. The molecule has 2 nitrogen and oxygen atoms in total. The summed E-state index contributed by atoms with van der Waals surface area (Å²) in [4.78, 5) is 2.32. The lowest BCUT2D eigenvalue weighted by atomic mass is 9.82. The van der Waals surface area contributed by atoms with Gasteiger partial charge in [0, 0.05) is 18.1 Å². The third-order valence-corrected chi connectivity index (χ3v) is 4.31. The Morgan fingerprint density at radius 2 is 1.83 bits per heavy atom. The Labute approximate surface area is 116 Å². The minimum atomic E-state index is 0.232. The average molecular weight is 269 g/mol. The molecule has 0 amide bonds. The van der Waals surface area contributed by atoms with Crippen molar-refractivity contribution in [2.75, 3.05) is 20.1 Å². The summed E-state index contributed by atoms with van der Waals surface area (Å²) in [6.45, 7) is 7.08. The van der Waals surface area contributed by atoms with E-state index in [1.54, 1.807) is 0 Å². The Kier molecular flexibility index (Phi) is 6.13. The smallest absolute Gasteiger partial charge is 0.0451 e. The van der Waals surface area contributed by atoms with Gasteiger partial charge >= 0.3 is 0 Å². The number of benzene rings is 1. The van der Waals surface area contributed by atoms with E-state index in [2.05, 4.69) is 31.9 Å². The van der Waals surface area contributed by atoms with Crippen molar-refractivity contribution in [3.05, 3.63) is 34.9 Å². The van der Waals surface area contributed by atoms with Crippen LogP contribution in [0.1, 0.15) is 32.3 Å². The summed E-state index contributed by atoms with van der Waals surface area (Å²) in [5.41, 5.74) is 7.36. The quantitative estimate of drug-likeness (QED) is 0.820. The van der Waals surface area contributed by atoms with E-state index in [1.165, 1.54) is 5.56 Å². The van der Waals surface area contributed by atoms with Crippen molar-refractivity contribution in [2.45, 2.75) is 33.2 Å². The molecule has 0 saturated carbocycles. The van der Waals surface area contributed by atoms with E-state index < -0.39 is 0 Å². The molecular formula is C15H25ClN2. The van der Waals surface area contributed by atoms with E-state index in [4.69, 9.17) is 17.3 Å². The van der Waals surface area contributed by atoms with Gasteiger partial charge in [0.1, 0.15) is 0 Å². The zero-order valence-corrected chi connectivity index (χ0v) is 12.5. The molecule has 0 fully saturated rings. The van der Waals surface area contributed by atoms with Gasteiger partial charge in [0.25, 0.3) is 0 Å². The van der Waals surface area contributed by atoms with Gasteiger partial charge in [0.05, 0.1) is 0 Å². The van der Waals surface area contributed by atoms with E-state index in [-0.39, 0.29) is 5.41 Å². The van der Waals surface area contributed by atoms with E-state index >= 15 is 0 Å². The average Bonchev–Trinajstić information content (AvgIpc) is 2.39. The Hall–Kier alpha value is -0.570. The molecule has 0 heterocycles. The fourth-order valence-corrected chi connectivity index (χ4v) is 2.57. The zero-order chi connectivity index (χ0) is 13.6. The number of hydrogen-bond donors (Lipinski definition) is 1. The second-order valence-electron chi connectivity index (χ2n) is 5.17. The van der Waals surface area contributed by atoms with Crippen LogP contribution in [0.5, 0.6) is 0 Å². The van der Waals surface area contributed by atoms with Gasteiger partial charge in [-0.3, -0.25) is 0 Å². The molecule has 0 aliphatic rings. The molecule has 3 heteroatoms. The van der Waals surface area contributed by atoms with Crippen LogP contribution in [-0.4, -0.2) is 25.0 Å². The number of rotatable bonds is 7. The third-order valence-electron chi connectivity index (χ3n) is 3.94. The SMILES string of the molecule is CCC(CC)(CN)CN(C)Cc1ccccc1Cl. The molecule has 0 aromatic heterocycles. The van der Waals surface area contributed by atoms with Gasteiger partial charge in [-0.2, -0.15) is 0 Å². The highest BCUT2D eigenvalue weighted by Crippen LogP contribution is 2.27. The van der Waals surface area contributed by atoms with Gasteiger partial charge in [-0.05, 0) is 43.5 Å². The van der Waals surface area contributed by atoms with Crippen LogP contribution in [0.3, 0.4) is 0 Å². The number of nitrogens with zero attached hydrogens (tertiary/aromatic N) is 1. The summed E-state index contributed by atoms with van der Waals surface area (Å²) in [5.74, 6) is 0. The van der Waals surface area contributed by atoms with Crippen molar-refractivity contribution in [3.8, 4) is 0 Å². The van der Waals surface area contributed by atoms with Crippen LogP contribution in [0.25, 0.3) is 0 Å². The van der Waals surface area contributed by atoms with Gasteiger partial charge in [0.2, 0.25) is 0 Å². The molecule has 0 spiro atoms. The van der Waals surface area contributed by atoms with Crippen LogP contribution >= 0.6 is 11.6 Å². The maximum Gasteiger partial charge on any atom is 0.0451 e. The van der Waals surface area contributed by atoms with Gasteiger partial charge in [-0.1, -0.05) is 43.6 Å². The lowest BCUT2D eigenvalue weighted by molar-refractivity contribution is 0.162. The fourth-order valence-electron chi connectivity index (χ4n) is 2.37. The molecule has 1 aromatic carbocycles. The van der Waals surface area contributed by atoms with E-state index in [1.807, 2.05) is 18.2 Å². The first-order valence-corrected chi connectivity index (χ1v) is 7.06. The fraction of sp³-hybridized carbons (Fsp3) is 0.600. The summed E-state index contributed by atoms with van der Waals surface area (Å²) in [6.07, 6.45) is 2.24. The van der Waals surface area contributed by atoms with Crippen molar-refractivity contribution in [2.24, 2.45) is 11.1 Å². The summed E-state index contributed by atoms with van der Waals surface area (Å²) < 4.78 is 0. The van der Waals surface area contributed by atoms with Crippen LogP contribution in [0.4, 0.5) is 0 Å². The van der Waals surface area contributed by atoms with Crippen LogP contribution in [-0.2, 0) is 6.54 Å². The number of halogens is 1. The van der Waals surface area contributed by atoms with E-state index in [9.17, 15) is 0 Å². The normalized spacial score (nSPS) is 12.1. The highest BCUT2D eigenvalue weighted by atomic mass is 35.5. The van der Waals surface area contributed by atoms with Crippen molar-refractivity contribution in [1.29, 1.82) is 0 Å². The van der Waals surface area contributed by atoms with Crippen LogP contribution < -0.4 is 5.73 Å². The standard InChI is InChI=1S/C15H25ClN2/c1-4-15(5-2,11-17)12-18(3)10-13-8-6-7-9-14(13)16/h6-9H,4-5,10-12,17H2,1-3H3. The molecule has 1 aromatic rings. The first-order valence-electron chi connectivity index (χ1n) is 6.69. The second kappa shape index (κ2) is 7.13. The number of nitrogens with two attached hydrogens (primary N) is 1. The molecule has 2 N–H and O–H groups in total. The minimum Gasteiger partial charge on any atom is -0.330 e. The summed E-state index contributed by atoms with van der Waals surface area (Å²) in [5, 5.41) is 0.843. The molecule has 102 valence electrons. The Bertz CT molecular complexity index is 353. The molecule has 18 heavy (non-hydrogen) atoms. The van der Waals surface area contributed by atoms with Gasteiger partial charge in [-0.25, -0.2) is 0 Å². The van der Waals surface area contributed by atoms with Crippen molar-refractivity contribution < 1.29 is 0 Å². The number of hydrogen-bond acceptors (Lipinski definition) is 2. The van der Waals surface area contributed by atoms with Crippen molar-refractivity contribution >= 4 is 11.6 Å². The largest absolute Gasteiger partial charge is 0.330 e. The Morgan fingerprint density at radius 3 is 2.33 bits per heavy atom. The van der Waals surface area contributed by atoms with E-state index in [0.717, 1.165) is 37.5 Å². The summed E-state index contributed by atoms with van der Waals surface area (Å²) >= 11 is 6.19. The Morgan fingerprint density at radius 1 is 1.22 bits per heavy atom. The third kappa shape index (κ3) is 3.98. The van der Waals surface area contributed by atoms with Crippen LogP contribution in [0.2, 0.25) is 5.02 Å². The van der Waals surface area contributed by atoms with Crippen LogP contribution in [0, 0.1) is 5.41 Å². The maximum absolute atomic E-state index is 6.19. The zero-order valence-electron chi connectivity index (χ0n) is 11.7. The molecule has 0 atom stereocenters. The van der Waals surface area contributed by atoms with Gasteiger partial charge < -0.3 is 10.6 Å². The molecule has 0 saturated heterocycles. The molecule has 0 unspecified atom stereocenters. The molecular weight excluding hydrogens is 244 g/mol. The van der Waals surface area contributed by atoms with Crippen molar-refractivity contribution in [1.82, 2.24) is 4.90 Å². The van der Waals surface area contributed by atoms with Gasteiger partial charge in [0.15, 0.2) is 0 Å². The molecule has 0 aliphatic carbocycles. The predicted molar refractivity (Wildman–Crippen MR) is 79.9 cm³/mol. The molecule has 0 radical (unpaired) electrons. The first-order chi connectivity index (χ1) is 8.56. The van der Waals surface area contributed by atoms with E-state index in [0.29, 0.717) is 0 Å². The Balaban J connectivity index is 2.66. The molecule has 0 bridgehead atoms. The topological polar surface area (TPSA) is 29.3 Å². The highest BCUT2D eigenvalue weighted by molar-refractivity contribution is 6.31. The summed E-state index contributed by atoms with van der Waals surface area (Å²) in [7, 11) is 2.14. The lowest BCUT2D eigenvalue weighted by Gasteiger charge is -2.34. The maximum atomic E-state index is 6.19. The highest BCUT2D eigenvalue weighted by Gasteiger charge is 2.26. The molecule has 1 rings (SSSR count). The monoisotopic (exact) mass is 268 g/mol. The molecule has 0 aliphatic heterocycles.